The number of rotatable bonds is 4. The number of anilines is 1. The summed E-state index contributed by atoms with van der Waals surface area (Å²) in [5, 5.41) is 6.67. The minimum atomic E-state index is -0.00538. The van der Waals surface area contributed by atoms with Crippen LogP contribution in [0.15, 0.2) is 18.2 Å². The molecule has 2 N–H and O–H groups in total. The summed E-state index contributed by atoms with van der Waals surface area (Å²) in [6.07, 6.45) is 0.933. The van der Waals surface area contributed by atoms with Gasteiger partial charge in [0.05, 0.1) is 13.2 Å². The molecule has 0 spiro atoms. The molecule has 18 heavy (non-hydrogen) atoms. The van der Waals surface area contributed by atoms with Crippen LogP contribution in [0.1, 0.15) is 20.3 Å². The van der Waals surface area contributed by atoms with Crippen molar-refractivity contribution in [1.82, 2.24) is 5.32 Å². The van der Waals surface area contributed by atoms with Crippen LogP contribution >= 0.6 is 0 Å². The Morgan fingerprint density at radius 3 is 2.61 bits per heavy atom. The Bertz CT molecular complexity index is 405. The first-order valence-corrected chi connectivity index (χ1v) is 6.43. The molecular formula is C14H22N2O2. The molecule has 4 nitrogen and oxygen atoms in total. The molecule has 0 aliphatic carbocycles. The van der Waals surface area contributed by atoms with Gasteiger partial charge in [-0.1, -0.05) is 0 Å². The summed E-state index contributed by atoms with van der Waals surface area (Å²) < 4.78 is 11.3. The lowest BCUT2D eigenvalue weighted by molar-refractivity contribution is 0.297. The quantitative estimate of drug-likeness (QED) is 0.860. The highest BCUT2D eigenvalue weighted by atomic mass is 16.5. The van der Waals surface area contributed by atoms with Gasteiger partial charge in [0.15, 0.2) is 11.5 Å². The Kier molecular flexibility index (Phi) is 3.97. The highest BCUT2D eigenvalue weighted by Gasteiger charge is 2.17. The second kappa shape index (κ2) is 5.48. The maximum Gasteiger partial charge on any atom is 0.163 e. The van der Waals surface area contributed by atoms with Crippen molar-refractivity contribution < 1.29 is 9.47 Å². The molecule has 0 bridgehead atoms. The molecule has 4 heteroatoms. The first-order valence-electron chi connectivity index (χ1n) is 6.43. The molecule has 0 fully saturated rings. The van der Waals surface area contributed by atoms with Crippen molar-refractivity contribution in [3.05, 3.63) is 18.2 Å². The minimum absolute atomic E-state index is 0.00538. The molecule has 1 heterocycles. The zero-order valence-corrected chi connectivity index (χ0v) is 11.4. The van der Waals surface area contributed by atoms with Gasteiger partial charge in [-0.05, 0) is 33.0 Å². The fraction of sp³-hybridized carbons (Fsp3) is 0.571. The van der Waals surface area contributed by atoms with Gasteiger partial charge < -0.3 is 20.1 Å². The van der Waals surface area contributed by atoms with Crippen LogP contribution in [0.2, 0.25) is 0 Å². The Labute approximate surface area is 109 Å². The van der Waals surface area contributed by atoms with Crippen molar-refractivity contribution in [2.24, 2.45) is 0 Å². The van der Waals surface area contributed by atoms with Gasteiger partial charge in [-0.25, -0.2) is 0 Å². The fourth-order valence-electron chi connectivity index (χ4n) is 2.12. The molecule has 0 saturated carbocycles. The summed E-state index contributed by atoms with van der Waals surface area (Å²) in [5.41, 5.74) is 1.05. The third-order valence-corrected chi connectivity index (χ3v) is 2.85. The summed E-state index contributed by atoms with van der Waals surface area (Å²) in [6, 6.07) is 6.02. The van der Waals surface area contributed by atoms with Gasteiger partial charge in [0.25, 0.3) is 0 Å². The standard InChI is InChI=1S/C14H22N2O2/c1-14(2,10-15-3)16-11-5-6-12-13(9-11)18-8-4-7-17-12/h5-6,9,15-16H,4,7-8,10H2,1-3H3. The molecule has 0 amide bonds. The predicted octanol–water partition coefficient (Wildman–Crippen LogP) is 2.26. The predicted molar refractivity (Wildman–Crippen MR) is 73.7 cm³/mol. The topological polar surface area (TPSA) is 42.5 Å². The van der Waals surface area contributed by atoms with E-state index in [0.29, 0.717) is 0 Å². The number of hydrogen-bond donors (Lipinski definition) is 2. The Hall–Kier alpha value is -1.42. The van der Waals surface area contributed by atoms with Crippen molar-refractivity contribution in [2.75, 3.05) is 32.1 Å². The van der Waals surface area contributed by atoms with Gasteiger partial charge >= 0.3 is 0 Å². The van der Waals surface area contributed by atoms with Gasteiger partial charge in [0.1, 0.15) is 0 Å². The largest absolute Gasteiger partial charge is 0.490 e. The second-order valence-electron chi connectivity index (χ2n) is 5.25. The van der Waals surface area contributed by atoms with Crippen molar-refractivity contribution in [3.63, 3.8) is 0 Å². The van der Waals surface area contributed by atoms with Crippen LogP contribution in [-0.4, -0.2) is 32.3 Å². The molecular weight excluding hydrogens is 228 g/mol. The summed E-state index contributed by atoms with van der Waals surface area (Å²) in [7, 11) is 1.96. The van der Waals surface area contributed by atoms with Gasteiger partial charge in [-0.2, -0.15) is 0 Å². The van der Waals surface area contributed by atoms with E-state index in [1.54, 1.807) is 0 Å². The van der Waals surface area contributed by atoms with E-state index in [1.165, 1.54) is 0 Å². The van der Waals surface area contributed by atoms with Crippen LogP contribution in [0.4, 0.5) is 5.69 Å². The second-order valence-corrected chi connectivity index (χ2v) is 5.25. The molecule has 1 aliphatic heterocycles. The lowest BCUT2D eigenvalue weighted by Crippen LogP contribution is -2.40. The maximum absolute atomic E-state index is 5.68. The SMILES string of the molecule is CNCC(C)(C)Nc1ccc2c(c1)OCCCO2. The van der Waals surface area contributed by atoms with E-state index in [1.807, 2.05) is 25.2 Å². The maximum atomic E-state index is 5.68. The van der Waals surface area contributed by atoms with Crippen molar-refractivity contribution >= 4 is 5.69 Å². The molecule has 0 aromatic heterocycles. The van der Waals surface area contributed by atoms with Gasteiger partial charge in [0, 0.05) is 30.3 Å². The van der Waals surface area contributed by atoms with E-state index in [-0.39, 0.29) is 5.54 Å². The van der Waals surface area contributed by atoms with Crippen LogP contribution in [0.5, 0.6) is 11.5 Å². The lowest BCUT2D eigenvalue weighted by atomic mass is 10.1. The number of fused-ring (bicyclic) bond motifs is 1. The normalized spacial score (nSPS) is 15.1. The summed E-state index contributed by atoms with van der Waals surface area (Å²) in [4.78, 5) is 0. The summed E-state index contributed by atoms with van der Waals surface area (Å²) in [6.45, 7) is 6.65. The van der Waals surface area contributed by atoms with E-state index in [2.05, 4.69) is 24.5 Å². The third kappa shape index (κ3) is 3.29. The number of likely N-dealkylation sites (N-methyl/N-ethyl adjacent to an activating group) is 1. The van der Waals surface area contributed by atoms with E-state index in [9.17, 15) is 0 Å². The Morgan fingerprint density at radius 1 is 1.17 bits per heavy atom. The molecule has 1 aromatic rings. The minimum Gasteiger partial charge on any atom is -0.490 e. The molecule has 1 aromatic carbocycles. The van der Waals surface area contributed by atoms with Crippen LogP contribution in [0.3, 0.4) is 0 Å². The van der Waals surface area contributed by atoms with Crippen molar-refractivity contribution in [2.45, 2.75) is 25.8 Å². The smallest absolute Gasteiger partial charge is 0.163 e. The molecule has 1 aliphatic rings. The molecule has 2 rings (SSSR count). The average Bonchev–Trinajstić information content (AvgIpc) is 2.52. The Balaban J connectivity index is 2.13. The van der Waals surface area contributed by atoms with E-state index < -0.39 is 0 Å². The third-order valence-electron chi connectivity index (χ3n) is 2.85. The fourth-order valence-corrected chi connectivity index (χ4v) is 2.12. The Morgan fingerprint density at radius 2 is 1.89 bits per heavy atom. The van der Waals surface area contributed by atoms with Gasteiger partial charge in [-0.3, -0.25) is 0 Å². The van der Waals surface area contributed by atoms with Gasteiger partial charge in [0.2, 0.25) is 0 Å². The van der Waals surface area contributed by atoms with Crippen molar-refractivity contribution in [3.8, 4) is 11.5 Å². The van der Waals surface area contributed by atoms with E-state index in [0.717, 1.165) is 43.4 Å². The first kappa shape index (κ1) is 13.0. The zero-order valence-electron chi connectivity index (χ0n) is 11.4. The monoisotopic (exact) mass is 250 g/mol. The molecule has 0 saturated heterocycles. The van der Waals surface area contributed by atoms with Crippen LogP contribution in [-0.2, 0) is 0 Å². The summed E-state index contributed by atoms with van der Waals surface area (Å²) >= 11 is 0. The highest BCUT2D eigenvalue weighted by molar-refractivity contribution is 5.56. The number of benzene rings is 1. The highest BCUT2D eigenvalue weighted by Crippen LogP contribution is 2.33. The number of nitrogens with one attached hydrogen (secondary N) is 2. The average molecular weight is 250 g/mol. The van der Waals surface area contributed by atoms with Gasteiger partial charge in [-0.15, -0.1) is 0 Å². The lowest BCUT2D eigenvalue weighted by Gasteiger charge is -2.27. The molecule has 0 unspecified atom stereocenters. The zero-order chi connectivity index (χ0) is 13.0. The molecule has 0 atom stereocenters. The van der Waals surface area contributed by atoms with Crippen LogP contribution < -0.4 is 20.1 Å². The van der Waals surface area contributed by atoms with E-state index in [4.69, 9.17) is 9.47 Å². The molecule has 100 valence electrons. The van der Waals surface area contributed by atoms with E-state index >= 15 is 0 Å². The van der Waals surface area contributed by atoms with Crippen molar-refractivity contribution in [1.29, 1.82) is 0 Å². The van der Waals surface area contributed by atoms with Crippen LogP contribution in [0, 0.1) is 0 Å². The number of ether oxygens (including phenoxy) is 2. The number of hydrogen-bond acceptors (Lipinski definition) is 4. The first-order chi connectivity index (χ1) is 8.61. The molecule has 0 radical (unpaired) electrons. The van der Waals surface area contributed by atoms with Crippen LogP contribution in [0.25, 0.3) is 0 Å². The summed E-state index contributed by atoms with van der Waals surface area (Å²) in [5.74, 6) is 1.67.